The zero-order chi connectivity index (χ0) is 21.5. The Labute approximate surface area is 190 Å². The van der Waals surface area contributed by atoms with Gasteiger partial charge in [0.15, 0.2) is 0 Å². The third-order valence-corrected chi connectivity index (χ3v) is 6.21. The maximum atomic E-state index is 6.54. The molecule has 2 heterocycles. The average Bonchev–Trinajstić information content (AvgIpc) is 3.24. The van der Waals surface area contributed by atoms with Gasteiger partial charge in [-0.05, 0) is 30.3 Å². The van der Waals surface area contributed by atoms with Crippen LogP contribution < -0.4 is 14.2 Å². The first-order valence-corrected chi connectivity index (χ1v) is 10.6. The van der Waals surface area contributed by atoms with Gasteiger partial charge in [-0.1, -0.05) is 47.5 Å². The van der Waals surface area contributed by atoms with Crippen molar-refractivity contribution in [2.75, 3.05) is 14.2 Å². The summed E-state index contributed by atoms with van der Waals surface area (Å²) in [5.41, 5.74) is 3.75. The van der Waals surface area contributed by atoms with E-state index in [-0.39, 0.29) is 6.04 Å². The molecule has 0 aliphatic carbocycles. The number of hydrogen-bond donors (Lipinski definition) is 0. The monoisotopic (exact) mass is 454 g/mol. The lowest BCUT2D eigenvalue weighted by atomic mass is 9.95. The van der Waals surface area contributed by atoms with Gasteiger partial charge in [0.05, 0.1) is 31.0 Å². The smallest absolute Gasteiger partial charge is 0.215 e. The summed E-state index contributed by atoms with van der Waals surface area (Å²) in [5, 5.41) is 8.08. The van der Waals surface area contributed by atoms with Crippen molar-refractivity contribution in [3.8, 4) is 17.2 Å². The summed E-state index contributed by atoms with van der Waals surface area (Å²) in [4.78, 5) is 0. The first-order chi connectivity index (χ1) is 15.1. The van der Waals surface area contributed by atoms with E-state index in [9.17, 15) is 0 Å². The van der Waals surface area contributed by atoms with Crippen molar-refractivity contribution < 1.29 is 14.2 Å². The van der Waals surface area contributed by atoms with Gasteiger partial charge in [-0.25, -0.2) is 5.01 Å². The molecule has 2 aliphatic heterocycles. The highest BCUT2D eigenvalue weighted by Crippen LogP contribution is 2.49. The molecule has 5 rings (SSSR count). The molecule has 31 heavy (non-hydrogen) atoms. The molecule has 158 valence electrons. The number of hydrogen-bond acceptors (Lipinski definition) is 5. The summed E-state index contributed by atoms with van der Waals surface area (Å²) in [6.07, 6.45) is 0.247. The highest BCUT2D eigenvalue weighted by molar-refractivity contribution is 6.35. The Hall–Kier alpha value is -2.89. The number of para-hydroxylation sites is 1. The standard InChI is InChI=1S/C24H20Cl2N2O3/c1-29-15-8-10-17(23(12-15)30-2)20-13-21-18-5-3-4-6-22(18)31-24(28(21)27-20)16-9-7-14(25)11-19(16)26/h3-12,21,24H,13H2,1-2H3. The van der Waals surface area contributed by atoms with Crippen LogP contribution in [-0.2, 0) is 0 Å². The molecular formula is C24H20Cl2N2O3. The highest BCUT2D eigenvalue weighted by atomic mass is 35.5. The quantitative estimate of drug-likeness (QED) is 0.466. The normalized spacial score (nSPS) is 19.2. The summed E-state index contributed by atoms with van der Waals surface area (Å²) in [5.74, 6) is 2.28. The van der Waals surface area contributed by atoms with Crippen LogP contribution in [0.3, 0.4) is 0 Å². The summed E-state index contributed by atoms with van der Waals surface area (Å²) in [6, 6.07) is 19.3. The first-order valence-electron chi connectivity index (χ1n) is 9.88. The van der Waals surface area contributed by atoms with Crippen molar-refractivity contribution in [2.24, 2.45) is 5.10 Å². The fraction of sp³-hybridized carbons (Fsp3) is 0.208. The van der Waals surface area contributed by atoms with Crippen LogP contribution in [0.1, 0.15) is 35.4 Å². The molecule has 0 amide bonds. The third-order valence-electron chi connectivity index (χ3n) is 5.65. The maximum absolute atomic E-state index is 6.54. The maximum Gasteiger partial charge on any atom is 0.215 e. The van der Waals surface area contributed by atoms with Gasteiger partial charge in [0.25, 0.3) is 0 Å². The van der Waals surface area contributed by atoms with E-state index in [1.165, 1.54) is 0 Å². The Balaban J connectivity index is 1.61. The molecule has 2 aliphatic rings. The van der Waals surface area contributed by atoms with E-state index < -0.39 is 6.23 Å². The average molecular weight is 455 g/mol. The molecule has 0 spiro atoms. The van der Waals surface area contributed by atoms with Gasteiger partial charge in [0.1, 0.15) is 17.2 Å². The second-order valence-electron chi connectivity index (χ2n) is 7.39. The van der Waals surface area contributed by atoms with Gasteiger partial charge >= 0.3 is 0 Å². The topological polar surface area (TPSA) is 43.3 Å². The molecule has 2 atom stereocenters. The van der Waals surface area contributed by atoms with E-state index in [2.05, 4.69) is 6.07 Å². The molecule has 5 nitrogen and oxygen atoms in total. The molecule has 3 aromatic rings. The van der Waals surface area contributed by atoms with Crippen molar-refractivity contribution in [3.05, 3.63) is 87.4 Å². The zero-order valence-electron chi connectivity index (χ0n) is 17.0. The van der Waals surface area contributed by atoms with Crippen molar-refractivity contribution >= 4 is 28.9 Å². The molecule has 2 unspecified atom stereocenters. The Bertz CT molecular complexity index is 1180. The summed E-state index contributed by atoms with van der Waals surface area (Å²) < 4.78 is 17.3. The largest absolute Gasteiger partial charge is 0.497 e. The summed E-state index contributed by atoms with van der Waals surface area (Å²) in [7, 11) is 3.28. The predicted molar refractivity (Wildman–Crippen MR) is 122 cm³/mol. The third kappa shape index (κ3) is 3.48. The van der Waals surface area contributed by atoms with E-state index in [1.54, 1.807) is 20.3 Å². The van der Waals surface area contributed by atoms with Gasteiger partial charge in [0.2, 0.25) is 6.23 Å². The number of hydrazone groups is 1. The minimum atomic E-state index is -0.466. The van der Waals surface area contributed by atoms with Gasteiger partial charge in [-0.15, -0.1) is 0 Å². The van der Waals surface area contributed by atoms with E-state index in [0.29, 0.717) is 22.2 Å². The molecular weight excluding hydrogens is 435 g/mol. The van der Waals surface area contributed by atoms with Gasteiger partial charge in [-0.3, -0.25) is 0 Å². The molecule has 0 N–H and O–H groups in total. The number of methoxy groups -OCH3 is 2. The van der Waals surface area contributed by atoms with Crippen LogP contribution >= 0.6 is 23.2 Å². The van der Waals surface area contributed by atoms with Crippen molar-refractivity contribution in [1.82, 2.24) is 5.01 Å². The molecule has 3 aromatic carbocycles. The first kappa shape index (κ1) is 20.0. The van der Waals surface area contributed by atoms with Crippen molar-refractivity contribution in [3.63, 3.8) is 0 Å². The Morgan fingerprint density at radius 2 is 1.81 bits per heavy atom. The molecule has 0 fully saturated rings. The van der Waals surface area contributed by atoms with Gasteiger partial charge < -0.3 is 14.2 Å². The van der Waals surface area contributed by atoms with Crippen LogP contribution in [0, 0.1) is 0 Å². The Morgan fingerprint density at radius 3 is 2.58 bits per heavy atom. The summed E-state index contributed by atoms with van der Waals surface area (Å²) in [6.45, 7) is 0. The van der Waals surface area contributed by atoms with Crippen LogP contribution in [0.15, 0.2) is 65.8 Å². The summed E-state index contributed by atoms with van der Waals surface area (Å²) >= 11 is 12.7. The van der Waals surface area contributed by atoms with Crippen molar-refractivity contribution in [1.29, 1.82) is 0 Å². The lowest BCUT2D eigenvalue weighted by molar-refractivity contribution is -0.0189. The van der Waals surface area contributed by atoms with Crippen LogP contribution in [0.5, 0.6) is 17.2 Å². The highest BCUT2D eigenvalue weighted by Gasteiger charge is 2.42. The van der Waals surface area contributed by atoms with Gasteiger partial charge in [0, 0.05) is 34.2 Å². The molecule has 7 heteroatoms. The zero-order valence-corrected chi connectivity index (χ0v) is 18.5. The fourth-order valence-electron chi connectivity index (χ4n) is 4.14. The van der Waals surface area contributed by atoms with E-state index in [0.717, 1.165) is 33.9 Å². The number of ether oxygens (including phenoxy) is 3. The van der Waals surface area contributed by atoms with Crippen LogP contribution in [0.4, 0.5) is 0 Å². The van der Waals surface area contributed by atoms with Gasteiger partial charge in [-0.2, -0.15) is 5.10 Å². The van der Waals surface area contributed by atoms with Crippen molar-refractivity contribution in [2.45, 2.75) is 18.7 Å². The number of fused-ring (bicyclic) bond motifs is 3. The fourth-order valence-corrected chi connectivity index (χ4v) is 4.64. The van der Waals surface area contributed by atoms with Crippen LogP contribution in [0.2, 0.25) is 10.0 Å². The SMILES string of the molecule is COc1ccc(C2=NN3C(C2)c2ccccc2OC3c2ccc(Cl)cc2Cl)c(OC)c1. The number of benzene rings is 3. The molecule has 0 bridgehead atoms. The minimum Gasteiger partial charge on any atom is -0.497 e. The van der Waals surface area contributed by atoms with E-state index in [1.807, 2.05) is 53.5 Å². The lowest BCUT2D eigenvalue weighted by Gasteiger charge is -2.38. The Kier molecular flexibility index (Phi) is 5.16. The van der Waals surface area contributed by atoms with E-state index >= 15 is 0 Å². The second-order valence-corrected chi connectivity index (χ2v) is 8.23. The van der Waals surface area contributed by atoms with Crippen LogP contribution in [-0.4, -0.2) is 24.9 Å². The number of halogens is 2. The second kappa shape index (κ2) is 7.98. The van der Waals surface area contributed by atoms with Crippen LogP contribution in [0.25, 0.3) is 0 Å². The van der Waals surface area contributed by atoms with E-state index in [4.69, 9.17) is 42.5 Å². The minimum absolute atomic E-state index is 0.0171. The number of rotatable bonds is 4. The predicted octanol–water partition coefficient (Wildman–Crippen LogP) is 6.25. The number of nitrogens with zero attached hydrogens (tertiary/aromatic N) is 2. The molecule has 0 aromatic heterocycles. The lowest BCUT2D eigenvalue weighted by Crippen LogP contribution is -2.33. The molecule has 0 saturated heterocycles. The molecule has 0 saturated carbocycles. The Morgan fingerprint density at radius 1 is 0.968 bits per heavy atom. The molecule has 0 radical (unpaired) electrons.